The highest BCUT2D eigenvalue weighted by atomic mass is 32.2. The van der Waals surface area contributed by atoms with Gasteiger partial charge in [0.25, 0.3) is 5.91 Å². The van der Waals surface area contributed by atoms with Crippen LogP contribution >= 0.6 is 23.1 Å². The summed E-state index contributed by atoms with van der Waals surface area (Å²) in [5.74, 6) is 0.332. The van der Waals surface area contributed by atoms with E-state index in [-0.39, 0.29) is 5.91 Å². The van der Waals surface area contributed by atoms with Crippen LogP contribution in [-0.4, -0.2) is 24.2 Å². The van der Waals surface area contributed by atoms with E-state index < -0.39 is 5.97 Å². The van der Waals surface area contributed by atoms with Gasteiger partial charge in [-0.05, 0) is 48.4 Å². The van der Waals surface area contributed by atoms with Crippen LogP contribution in [0.3, 0.4) is 0 Å². The lowest BCUT2D eigenvalue weighted by Gasteiger charge is -2.07. The molecular weight excluding hydrogens is 318 g/mol. The van der Waals surface area contributed by atoms with Crippen molar-refractivity contribution >= 4 is 40.0 Å². The summed E-state index contributed by atoms with van der Waals surface area (Å²) in [7, 11) is 0. The van der Waals surface area contributed by atoms with E-state index in [1.165, 1.54) is 11.3 Å². The molecule has 1 aromatic carbocycles. The van der Waals surface area contributed by atoms with Crippen molar-refractivity contribution in [1.82, 2.24) is 0 Å². The number of carbonyl (C=O) groups is 2. The fraction of sp³-hybridized carbons (Fsp3) is 0.250. The normalized spacial score (nSPS) is 10.3. The van der Waals surface area contributed by atoms with E-state index in [0.717, 1.165) is 10.6 Å². The number of thiophene rings is 1. The van der Waals surface area contributed by atoms with Crippen molar-refractivity contribution in [2.45, 2.75) is 18.7 Å². The Morgan fingerprint density at radius 1 is 1.18 bits per heavy atom. The van der Waals surface area contributed by atoms with Gasteiger partial charge in [-0.15, -0.1) is 23.1 Å². The summed E-state index contributed by atoms with van der Waals surface area (Å²) in [6.45, 7) is 4.13. The molecule has 0 atom stereocenters. The number of hydrogen-bond donors (Lipinski definition) is 1. The molecule has 0 aliphatic rings. The highest BCUT2D eigenvalue weighted by Gasteiger charge is 2.16. The van der Waals surface area contributed by atoms with Gasteiger partial charge in [0.1, 0.15) is 5.00 Å². The molecule has 0 bridgehead atoms. The van der Waals surface area contributed by atoms with Gasteiger partial charge in [0.15, 0.2) is 0 Å². The second-order valence-corrected chi connectivity index (χ2v) is 6.55. The first-order chi connectivity index (χ1) is 10.7. The maximum atomic E-state index is 12.3. The highest BCUT2D eigenvalue weighted by molar-refractivity contribution is 7.99. The number of thioether (sulfide) groups is 1. The molecule has 0 aliphatic heterocycles. The Kier molecular flexibility index (Phi) is 6.03. The van der Waals surface area contributed by atoms with E-state index in [1.807, 2.05) is 12.1 Å². The van der Waals surface area contributed by atoms with Gasteiger partial charge in [0.05, 0.1) is 12.2 Å². The summed E-state index contributed by atoms with van der Waals surface area (Å²) in [6.07, 6.45) is 0. The number of anilines is 1. The number of carbonyl (C=O) groups excluding carboxylic acids is 2. The van der Waals surface area contributed by atoms with E-state index in [2.05, 4.69) is 12.2 Å². The van der Waals surface area contributed by atoms with Crippen molar-refractivity contribution in [2.24, 2.45) is 0 Å². The van der Waals surface area contributed by atoms with E-state index >= 15 is 0 Å². The summed E-state index contributed by atoms with van der Waals surface area (Å²) in [5.41, 5.74) is 0.946. The SMILES string of the molecule is CCOC(=O)c1ccsc1NC(=O)c1ccc(SCC)cc1. The average molecular weight is 335 g/mol. The van der Waals surface area contributed by atoms with Gasteiger partial charge in [-0.2, -0.15) is 0 Å². The smallest absolute Gasteiger partial charge is 0.341 e. The van der Waals surface area contributed by atoms with Gasteiger partial charge in [0, 0.05) is 10.5 Å². The average Bonchev–Trinajstić information content (AvgIpc) is 2.97. The minimum atomic E-state index is -0.422. The number of rotatable bonds is 6. The van der Waals surface area contributed by atoms with Crippen LogP contribution < -0.4 is 5.32 Å². The van der Waals surface area contributed by atoms with Crippen LogP contribution in [0, 0.1) is 0 Å². The number of benzene rings is 1. The second kappa shape index (κ2) is 8.00. The molecule has 1 N–H and O–H groups in total. The molecule has 0 saturated carbocycles. The molecule has 0 fully saturated rings. The molecule has 116 valence electrons. The summed E-state index contributed by atoms with van der Waals surface area (Å²) in [4.78, 5) is 25.2. The Labute approximate surface area is 137 Å². The molecule has 0 unspecified atom stereocenters. The molecule has 6 heteroatoms. The van der Waals surface area contributed by atoms with Crippen LogP contribution in [0.15, 0.2) is 40.6 Å². The summed E-state index contributed by atoms with van der Waals surface area (Å²) in [5, 5.41) is 5.03. The van der Waals surface area contributed by atoms with E-state index in [1.54, 1.807) is 42.3 Å². The van der Waals surface area contributed by atoms with E-state index in [0.29, 0.717) is 22.7 Å². The van der Waals surface area contributed by atoms with Crippen LogP contribution in [0.4, 0.5) is 5.00 Å². The van der Waals surface area contributed by atoms with E-state index in [4.69, 9.17) is 4.74 Å². The van der Waals surface area contributed by atoms with Crippen LogP contribution in [0.25, 0.3) is 0 Å². The van der Waals surface area contributed by atoms with Crippen molar-refractivity contribution in [3.05, 3.63) is 46.8 Å². The second-order valence-electron chi connectivity index (χ2n) is 4.30. The predicted octanol–water partition coefficient (Wildman–Crippen LogP) is 4.29. The third kappa shape index (κ3) is 4.11. The zero-order valence-corrected chi connectivity index (χ0v) is 14.1. The Morgan fingerprint density at radius 3 is 2.55 bits per heavy atom. The zero-order chi connectivity index (χ0) is 15.9. The van der Waals surface area contributed by atoms with E-state index in [9.17, 15) is 9.59 Å². The molecule has 0 saturated heterocycles. The van der Waals surface area contributed by atoms with Gasteiger partial charge in [0.2, 0.25) is 0 Å². The highest BCUT2D eigenvalue weighted by Crippen LogP contribution is 2.25. The Morgan fingerprint density at radius 2 is 1.91 bits per heavy atom. The fourth-order valence-electron chi connectivity index (χ4n) is 1.82. The lowest BCUT2D eigenvalue weighted by molar-refractivity contribution is 0.0528. The van der Waals surface area contributed by atoms with Crippen molar-refractivity contribution in [1.29, 1.82) is 0 Å². The quantitative estimate of drug-likeness (QED) is 0.632. The molecule has 1 aromatic heterocycles. The molecule has 22 heavy (non-hydrogen) atoms. The monoisotopic (exact) mass is 335 g/mol. The van der Waals surface area contributed by atoms with Crippen LogP contribution in [0.1, 0.15) is 34.6 Å². The first-order valence-corrected chi connectivity index (χ1v) is 8.81. The molecule has 1 heterocycles. The van der Waals surface area contributed by atoms with Gasteiger partial charge in [-0.3, -0.25) is 4.79 Å². The van der Waals surface area contributed by atoms with Gasteiger partial charge < -0.3 is 10.1 Å². The van der Waals surface area contributed by atoms with Gasteiger partial charge in [-0.1, -0.05) is 6.92 Å². The molecule has 0 aliphatic carbocycles. The largest absolute Gasteiger partial charge is 0.462 e. The van der Waals surface area contributed by atoms with Gasteiger partial charge in [-0.25, -0.2) is 4.79 Å². The Hall–Kier alpha value is -1.79. The van der Waals surface area contributed by atoms with Crippen molar-refractivity contribution in [3.63, 3.8) is 0 Å². The molecular formula is C16H17NO3S2. The fourth-order valence-corrected chi connectivity index (χ4v) is 3.25. The molecule has 2 rings (SSSR count). The first kappa shape index (κ1) is 16.6. The Bertz CT molecular complexity index is 650. The molecule has 2 aromatic rings. The number of amides is 1. The van der Waals surface area contributed by atoms with Crippen molar-refractivity contribution in [2.75, 3.05) is 17.7 Å². The van der Waals surface area contributed by atoms with Gasteiger partial charge >= 0.3 is 5.97 Å². The summed E-state index contributed by atoms with van der Waals surface area (Å²) in [6, 6.07) is 9.06. The Balaban J connectivity index is 2.09. The minimum Gasteiger partial charge on any atom is -0.462 e. The maximum absolute atomic E-state index is 12.3. The number of esters is 1. The van der Waals surface area contributed by atoms with Crippen molar-refractivity contribution < 1.29 is 14.3 Å². The third-order valence-corrected chi connectivity index (χ3v) is 4.54. The lowest BCUT2D eigenvalue weighted by atomic mass is 10.2. The number of hydrogen-bond acceptors (Lipinski definition) is 5. The summed E-state index contributed by atoms with van der Waals surface area (Å²) < 4.78 is 4.97. The minimum absolute atomic E-state index is 0.235. The molecule has 4 nitrogen and oxygen atoms in total. The van der Waals surface area contributed by atoms with Crippen molar-refractivity contribution in [3.8, 4) is 0 Å². The number of nitrogens with one attached hydrogen (secondary N) is 1. The number of ether oxygens (including phenoxy) is 1. The summed E-state index contributed by atoms with van der Waals surface area (Å²) >= 11 is 3.02. The third-order valence-electron chi connectivity index (χ3n) is 2.82. The predicted molar refractivity (Wildman–Crippen MR) is 91.1 cm³/mol. The van der Waals surface area contributed by atoms with Crippen LogP contribution in [-0.2, 0) is 4.74 Å². The van der Waals surface area contributed by atoms with Crippen LogP contribution in [0.2, 0.25) is 0 Å². The standard InChI is InChI=1S/C16H17NO3S2/c1-3-20-16(19)13-9-10-22-15(13)17-14(18)11-5-7-12(8-6-11)21-4-2/h5-10H,3-4H2,1-2H3,(H,17,18). The molecule has 1 amide bonds. The zero-order valence-electron chi connectivity index (χ0n) is 12.4. The maximum Gasteiger partial charge on any atom is 0.341 e. The molecule has 0 spiro atoms. The topological polar surface area (TPSA) is 55.4 Å². The first-order valence-electron chi connectivity index (χ1n) is 6.94. The molecule has 0 radical (unpaired) electrons. The van der Waals surface area contributed by atoms with Crippen LogP contribution in [0.5, 0.6) is 0 Å². The lowest BCUT2D eigenvalue weighted by Crippen LogP contribution is -2.14.